The van der Waals surface area contributed by atoms with E-state index in [4.69, 9.17) is 5.53 Å². The van der Waals surface area contributed by atoms with E-state index < -0.39 is 11.7 Å². The molecule has 0 aliphatic heterocycles. The molecule has 0 spiro atoms. The Morgan fingerprint density at radius 1 is 1.29 bits per heavy atom. The first-order valence-corrected chi connectivity index (χ1v) is 5.38. The zero-order chi connectivity index (χ0) is 13.1. The van der Waals surface area contributed by atoms with Crippen molar-refractivity contribution in [1.29, 1.82) is 0 Å². The predicted molar refractivity (Wildman–Crippen MR) is 58.4 cm³/mol. The van der Waals surface area contributed by atoms with Crippen molar-refractivity contribution in [2.75, 3.05) is 13.1 Å². The number of likely N-dealkylation sites (N-methyl/N-ethyl adjacent to an activating group) is 1. The van der Waals surface area contributed by atoms with Gasteiger partial charge in [-0.1, -0.05) is 0 Å². The van der Waals surface area contributed by atoms with Crippen LogP contribution in [0.25, 0.3) is 5.53 Å². The number of hydrogen-bond donors (Lipinski definition) is 0. The first kappa shape index (κ1) is 13.5. The quantitative estimate of drug-likeness (QED) is 0.556. The number of hydrogen-bond acceptors (Lipinski definition) is 1. The summed E-state index contributed by atoms with van der Waals surface area (Å²) in [5.41, 5.74) is 8.07. The second kappa shape index (κ2) is 5.19. The number of allylic oxidation sites excluding steroid dienone is 3. The summed E-state index contributed by atoms with van der Waals surface area (Å²) in [7, 11) is 0. The third-order valence-corrected chi connectivity index (χ3v) is 2.68. The Hall–Kier alpha value is -1.55. The van der Waals surface area contributed by atoms with E-state index >= 15 is 0 Å². The summed E-state index contributed by atoms with van der Waals surface area (Å²) < 4.78 is 38.6. The Morgan fingerprint density at radius 2 is 1.88 bits per heavy atom. The lowest BCUT2D eigenvalue weighted by Crippen LogP contribution is -2.29. The third-order valence-electron chi connectivity index (χ3n) is 2.68. The SMILES string of the molecule is CCN(CC)C1=C(C(F)(F)F)CC(=[N+]=[N-])C=C1. The lowest BCUT2D eigenvalue weighted by molar-refractivity contribution is -0.0959. The molecule has 0 radical (unpaired) electrons. The molecule has 1 aliphatic carbocycles. The smallest absolute Gasteiger partial charge is 0.372 e. The van der Waals surface area contributed by atoms with Gasteiger partial charge in [-0.05, 0) is 19.9 Å². The number of rotatable bonds is 3. The van der Waals surface area contributed by atoms with Crippen LogP contribution in [0.3, 0.4) is 0 Å². The standard InChI is InChI=1S/C11H14F3N3/c1-3-17(4-2)10-6-5-8(16-15)7-9(10)11(12,13)14/h5-6H,3-4,7H2,1-2H3. The molecular weight excluding hydrogens is 231 g/mol. The van der Waals surface area contributed by atoms with Crippen LogP contribution in [0, 0.1) is 0 Å². The van der Waals surface area contributed by atoms with Crippen molar-refractivity contribution in [2.24, 2.45) is 0 Å². The van der Waals surface area contributed by atoms with Gasteiger partial charge in [-0.2, -0.15) is 18.0 Å². The zero-order valence-corrected chi connectivity index (χ0v) is 9.75. The van der Waals surface area contributed by atoms with Gasteiger partial charge in [0.25, 0.3) is 5.71 Å². The van der Waals surface area contributed by atoms with Crippen LogP contribution in [-0.4, -0.2) is 34.7 Å². The van der Waals surface area contributed by atoms with Crippen molar-refractivity contribution in [3.8, 4) is 0 Å². The second-order valence-corrected chi connectivity index (χ2v) is 3.64. The molecule has 0 aromatic heterocycles. The lowest BCUT2D eigenvalue weighted by atomic mass is 9.99. The monoisotopic (exact) mass is 245 g/mol. The van der Waals surface area contributed by atoms with Crippen molar-refractivity contribution >= 4 is 5.71 Å². The molecule has 0 saturated carbocycles. The average Bonchev–Trinajstić information content (AvgIpc) is 2.29. The number of halogens is 3. The Morgan fingerprint density at radius 3 is 2.29 bits per heavy atom. The molecule has 0 N–H and O–H groups in total. The molecule has 0 atom stereocenters. The van der Waals surface area contributed by atoms with E-state index in [0.29, 0.717) is 13.1 Å². The molecule has 0 saturated heterocycles. The molecule has 1 aliphatic rings. The van der Waals surface area contributed by atoms with E-state index in [0.717, 1.165) is 0 Å². The molecule has 0 aromatic carbocycles. The van der Waals surface area contributed by atoms with Crippen molar-refractivity contribution in [2.45, 2.75) is 26.4 Å². The molecule has 0 unspecified atom stereocenters. The Kier molecular flexibility index (Phi) is 4.12. The molecular formula is C11H14F3N3. The van der Waals surface area contributed by atoms with Crippen LogP contribution in [0.2, 0.25) is 0 Å². The second-order valence-electron chi connectivity index (χ2n) is 3.64. The molecule has 3 nitrogen and oxygen atoms in total. The highest BCUT2D eigenvalue weighted by atomic mass is 19.4. The van der Waals surface area contributed by atoms with Crippen LogP contribution in [0.5, 0.6) is 0 Å². The molecule has 0 aromatic rings. The minimum absolute atomic E-state index is 0.0215. The molecule has 0 heterocycles. The predicted octanol–water partition coefficient (Wildman–Crippen LogP) is 2.78. The van der Waals surface area contributed by atoms with Gasteiger partial charge in [0.1, 0.15) is 0 Å². The highest BCUT2D eigenvalue weighted by Crippen LogP contribution is 2.34. The maximum Gasteiger partial charge on any atom is 0.415 e. The minimum atomic E-state index is -4.40. The number of alkyl halides is 3. The first-order chi connectivity index (χ1) is 7.93. The maximum atomic E-state index is 12.9. The van der Waals surface area contributed by atoms with Crippen LogP contribution in [0.15, 0.2) is 23.4 Å². The van der Waals surface area contributed by atoms with Gasteiger partial charge in [-0.15, -0.1) is 0 Å². The van der Waals surface area contributed by atoms with Crippen LogP contribution >= 0.6 is 0 Å². The summed E-state index contributed by atoms with van der Waals surface area (Å²) in [6.07, 6.45) is -2.03. The topological polar surface area (TPSA) is 39.6 Å². The van der Waals surface area contributed by atoms with E-state index in [9.17, 15) is 13.2 Å². The largest absolute Gasteiger partial charge is 0.415 e. The summed E-state index contributed by atoms with van der Waals surface area (Å²) in [5.74, 6) is 0. The van der Waals surface area contributed by atoms with Crippen molar-refractivity contribution < 1.29 is 18.0 Å². The van der Waals surface area contributed by atoms with E-state index in [1.165, 1.54) is 12.2 Å². The molecule has 0 bridgehead atoms. The van der Waals surface area contributed by atoms with E-state index in [1.54, 1.807) is 18.7 Å². The van der Waals surface area contributed by atoms with E-state index in [2.05, 4.69) is 4.79 Å². The molecule has 6 heteroatoms. The van der Waals surface area contributed by atoms with Gasteiger partial charge >= 0.3 is 6.18 Å². The van der Waals surface area contributed by atoms with Gasteiger partial charge < -0.3 is 10.4 Å². The average molecular weight is 245 g/mol. The Labute approximate surface area is 97.8 Å². The van der Waals surface area contributed by atoms with Gasteiger partial charge in [0.15, 0.2) is 0 Å². The van der Waals surface area contributed by atoms with Crippen LogP contribution in [0.1, 0.15) is 20.3 Å². The number of nitrogens with zero attached hydrogens (tertiary/aromatic N) is 3. The molecule has 17 heavy (non-hydrogen) atoms. The lowest BCUT2D eigenvalue weighted by Gasteiger charge is -2.27. The van der Waals surface area contributed by atoms with Crippen molar-refractivity contribution in [1.82, 2.24) is 4.90 Å². The van der Waals surface area contributed by atoms with Gasteiger partial charge in [-0.25, -0.2) is 0 Å². The normalized spacial score (nSPS) is 16.2. The van der Waals surface area contributed by atoms with Crippen LogP contribution in [-0.2, 0) is 0 Å². The molecule has 1 rings (SSSR count). The first-order valence-electron chi connectivity index (χ1n) is 5.38. The van der Waals surface area contributed by atoms with Gasteiger partial charge in [0, 0.05) is 24.9 Å². The van der Waals surface area contributed by atoms with Gasteiger partial charge in [0.05, 0.1) is 12.0 Å². The summed E-state index contributed by atoms with van der Waals surface area (Å²) in [5, 5.41) is 0. The minimum Gasteiger partial charge on any atom is -0.372 e. The fourth-order valence-corrected chi connectivity index (χ4v) is 1.78. The fraction of sp³-hybridized carbons (Fsp3) is 0.545. The highest BCUT2D eigenvalue weighted by Gasteiger charge is 2.40. The molecule has 94 valence electrons. The van der Waals surface area contributed by atoms with Gasteiger partial charge in [-0.3, -0.25) is 0 Å². The molecule has 0 fully saturated rings. The van der Waals surface area contributed by atoms with Crippen molar-refractivity contribution in [3.05, 3.63) is 29.0 Å². The Bertz CT molecular complexity index is 397. The molecule has 0 amide bonds. The van der Waals surface area contributed by atoms with E-state index in [1.807, 2.05) is 0 Å². The van der Waals surface area contributed by atoms with Crippen LogP contribution < -0.4 is 0 Å². The third kappa shape index (κ3) is 2.97. The highest BCUT2D eigenvalue weighted by molar-refractivity contribution is 5.94. The maximum absolute atomic E-state index is 12.9. The van der Waals surface area contributed by atoms with Gasteiger partial charge in [0.2, 0.25) is 0 Å². The summed E-state index contributed by atoms with van der Waals surface area (Å²) >= 11 is 0. The fourth-order valence-electron chi connectivity index (χ4n) is 1.78. The zero-order valence-electron chi connectivity index (χ0n) is 9.75. The summed E-state index contributed by atoms with van der Waals surface area (Å²) in [6, 6.07) is 0. The summed E-state index contributed by atoms with van der Waals surface area (Å²) in [6.45, 7) is 4.60. The summed E-state index contributed by atoms with van der Waals surface area (Å²) in [4.78, 5) is 4.47. The Balaban J connectivity index is 3.23. The van der Waals surface area contributed by atoms with Crippen molar-refractivity contribution in [3.63, 3.8) is 0 Å². The van der Waals surface area contributed by atoms with E-state index in [-0.39, 0.29) is 17.8 Å². The van der Waals surface area contributed by atoms with Crippen LogP contribution in [0.4, 0.5) is 13.2 Å².